The number of benzene rings is 1. The van der Waals surface area contributed by atoms with Crippen molar-refractivity contribution in [1.29, 1.82) is 5.26 Å². The molecule has 2 aromatic rings. The number of likely N-dealkylation sites (tertiary alicyclic amines) is 1. The molecular weight excluding hydrogens is 312 g/mol. The third kappa shape index (κ3) is 4.07. The van der Waals surface area contributed by atoms with Gasteiger partial charge in [0.25, 0.3) is 0 Å². The van der Waals surface area contributed by atoms with E-state index in [1.54, 1.807) is 36.6 Å². The summed E-state index contributed by atoms with van der Waals surface area (Å²) in [6.07, 6.45) is 8.23. The molecule has 4 heteroatoms. The average Bonchev–Trinajstić information content (AvgIpc) is 3.20. The highest BCUT2D eigenvalue weighted by Gasteiger charge is 2.19. The van der Waals surface area contributed by atoms with Crippen LogP contribution in [-0.4, -0.2) is 23.8 Å². The van der Waals surface area contributed by atoms with E-state index in [2.05, 4.69) is 11.0 Å². The quantitative estimate of drug-likeness (QED) is 0.351. The van der Waals surface area contributed by atoms with E-state index in [4.69, 9.17) is 4.42 Å². The second-order valence-corrected chi connectivity index (χ2v) is 5.98. The van der Waals surface area contributed by atoms with Gasteiger partial charge < -0.3 is 9.32 Å². The Morgan fingerprint density at radius 3 is 2.48 bits per heavy atom. The molecule has 0 radical (unpaired) electrons. The van der Waals surface area contributed by atoms with Crippen molar-refractivity contribution < 1.29 is 9.21 Å². The van der Waals surface area contributed by atoms with E-state index in [0.717, 1.165) is 31.6 Å². The summed E-state index contributed by atoms with van der Waals surface area (Å²) in [5.74, 6) is 0.395. The molecule has 126 valence electrons. The van der Waals surface area contributed by atoms with Crippen molar-refractivity contribution in [2.75, 3.05) is 13.1 Å². The van der Waals surface area contributed by atoms with Gasteiger partial charge in [0.05, 0.1) is 17.9 Å². The van der Waals surface area contributed by atoms with Gasteiger partial charge in [0.15, 0.2) is 5.78 Å². The number of nitrogens with zero attached hydrogens (tertiary/aromatic N) is 2. The summed E-state index contributed by atoms with van der Waals surface area (Å²) in [7, 11) is 0. The average molecular weight is 332 g/mol. The number of ketones is 1. The molecule has 0 saturated carbocycles. The molecule has 1 aliphatic heterocycles. The van der Waals surface area contributed by atoms with E-state index < -0.39 is 0 Å². The normalized spacial score (nSPS) is 15.7. The molecule has 0 unspecified atom stereocenters. The van der Waals surface area contributed by atoms with Crippen molar-refractivity contribution in [2.24, 2.45) is 0 Å². The largest absolute Gasteiger partial charge is 0.464 e. The maximum absolute atomic E-state index is 13.0. The first kappa shape index (κ1) is 16.8. The number of nitriles is 1. The zero-order valence-corrected chi connectivity index (χ0v) is 14.0. The molecular formula is C21H20N2O2. The fourth-order valence-electron chi connectivity index (χ4n) is 3.02. The zero-order chi connectivity index (χ0) is 17.5. The lowest BCUT2D eigenvalue weighted by molar-refractivity contribution is 0.105. The van der Waals surface area contributed by atoms with Crippen LogP contribution in [0, 0.1) is 11.3 Å². The van der Waals surface area contributed by atoms with Gasteiger partial charge in [0, 0.05) is 30.4 Å². The van der Waals surface area contributed by atoms with Crippen LogP contribution in [0.5, 0.6) is 0 Å². The molecule has 3 rings (SSSR count). The van der Waals surface area contributed by atoms with Crippen molar-refractivity contribution in [1.82, 2.24) is 4.90 Å². The number of hydrogen-bond donors (Lipinski definition) is 0. The SMILES string of the molecule is N#C/C=C(\C=C(\C(=O)c1ccccc1)c1ccco1)N1CCCCC1. The number of rotatable bonds is 5. The highest BCUT2D eigenvalue weighted by molar-refractivity contribution is 6.28. The van der Waals surface area contributed by atoms with Crippen LogP contribution in [-0.2, 0) is 0 Å². The second-order valence-electron chi connectivity index (χ2n) is 5.98. The fourth-order valence-corrected chi connectivity index (χ4v) is 3.02. The Kier molecular flexibility index (Phi) is 5.48. The first-order valence-corrected chi connectivity index (χ1v) is 8.49. The summed E-state index contributed by atoms with van der Waals surface area (Å²) >= 11 is 0. The third-order valence-electron chi connectivity index (χ3n) is 4.29. The van der Waals surface area contributed by atoms with Crippen LogP contribution in [0.3, 0.4) is 0 Å². The van der Waals surface area contributed by atoms with Crippen LogP contribution in [0.25, 0.3) is 5.57 Å². The Morgan fingerprint density at radius 1 is 1.08 bits per heavy atom. The van der Waals surface area contributed by atoms with Gasteiger partial charge in [0.2, 0.25) is 0 Å². The van der Waals surface area contributed by atoms with Crippen LogP contribution < -0.4 is 0 Å². The minimum atomic E-state index is -0.114. The van der Waals surface area contributed by atoms with Gasteiger partial charge in [-0.1, -0.05) is 30.3 Å². The minimum absolute atomic E-state index is 0.114. The maximum Gasteiger partial charge on any atom is 0.196 e. The van der Waals surface area contributed by atoms with E-state index in [1.165, 1.54) is 12.5 Å². The number of hydrogen-bond acceptors (Lipinski definition) is 4. The Labute approximate surface area is 147 Å². The summed E-state index contributed by atoms with van der Waals surface area (Å²) in [5, 5.41) is 9.18. The Hall–Kier alpha value is -3.06. The predicted octanol–water partition coefficient (Wildman–Crippen LogP) is 4.44. The van der Waals surface area contributed by atoms with Gasteiger partial charge in [-0.25, -0.2) is 0 Å². The van der Waals surface area contributed by atoms with Crippen molar-refractivity contribution in [3.05, 3.63) is 77.9 Å². The third-order valence-corrected chi connectivity index (χ3v) is 4.29. The van der Waals surface area contributed by atoms with E-state index in [-0.39, 0.29) is 5.78 Å². The number of carbonyl (C=O) groups excluding carboxylic acids is 1. The highest BCUT2D eigenvalue weighted by Crippen LogP contribution is 2.25. The van der Waals surface area contributed by atoms with Crippen LogP contribution in [0.4, 0.5) is 0 Å². The molecule has 0 amide bonds. The van der Waals surface area contributed by atoms with Crippen LogP contribution in [0.1, 0.15) is 35.4 Å². The summed E-state index contributed by atoms with van der Waals surface area (Å²) in [5.41, 5.74) is 1.82. The molecule has 1 aliphatic rings. The van der Waals surface area contributed by atoms with Crippen LogP contribution in [0.15, 0.2) is 71.0 Å². The van der Waals surface area contributed by atoms with Gasteiger partial charge >= 0.3 is 0 Å². The molecule has 2 heterocycles. The van der Waals surface area contributed by atoms with Gasteiger partial charge in [-0.3, -0.25) is 4.79 Å². The first-order valence-electron chi connectivity index (χ1n) is 8.49. The Balaban J connectivity index is 2.01. The first-order chi connectivity index (χ1) is 12.3. The van der Waals surface area contributed by atoms with E-state index >= 15 is 0 Å². The summed E-state index contributed by atoms with van der Waals surface area (Å²) in [6.45, 7) is 1.80. The Bertz CT molecular complexity index is 805. The second kappa shape index (κ2) is 8.16. The molecule has 0 atom stereocenters. The zero-order valence-electron chi connectivity index (χ0n) is 14.0. The molecule has 1 aromatic heterocycles. The smallest absolute Gasteiger partial charge is 0.196 e. The summed E-state index contributed by atoms with van der Waals surface area (Å²) < 4.78 is 5.49. The van der Waals surface area contributed by atoms with E-state index in [1.807, 2.05) is 18.2 Å². The highest BCUT2D eigenvalue weighted by atomic mass is 16.3. The number of allylic oxidation sites excluding steroid dienone is 3. The molecule has 1 saturated heterocycles. The molecule has 25 heavy (non-hydrogen) atoms. The number of furan rings is 1. The monoisotopic (exact) mass is 332 g/mol. The van der Waals surface area contributed by atoms with Crippen molar-refractivity contribution in [2.45, 2.75) is 19.3 Å². The Morgan fingerprint density at radius 2 is 1.84 bits per heavy atom. The van der Waals surface area contributed by atoms with Gasteiger partial charge in [-0.15, -0.1) is 0 Å². The maximum atomic E-state index is 13.0. The summed E-state index contributed by atoms with van der Waals surface area (Å²) in [4.78, 5) is 15.2. The van der Waals surface area contributed by atoms with E-state index in [0.29, 0.717) is 16.9 Å². The number of piperidine rings is 1. The standard InChI is InChI=1S/C21H20N2O2/c22-12-11-18(23-13-5-2-6-14-23)16-19(20-10-7-15-25-20)21(24)17-8-3-1-4-9-17/h1,3-4,7-11,15-16H,2,5-6,13-14H2/b18-11+,19-16+. The van der Waals surface area contributed by atoms with Crippen molar-refractivity contribution in [3.8, 4) is 6.07 Å². The number of Topliss-reactive ketones (excluding diaryl/α,β-unsaturated/α-hetero) is 1. The summed E-state index contributed by atoms with van der Waals surface area (Å²) in [6, 6.07) is 14.8. The van der Waals surface area contributed by atoms with Gasteiger partial charge in [-0.2, -0.15) is 5.26 Å². The molecule has 0 bridgehead atoms. The predicted molar refractivity (Wildman–Crippen MR) is 96.6 cm³/mol. The van der Waals surface area contributed by atoms with E-state index in [9.17, 15) is 10.1 Å². The molecule has 1 fully saturated rings. The van der Waals surface area contributed by atoms with Crippen molar-refractivity contribution >= 4 is 11.4 Å². The molecule has 1 aromatic carbocycles. The fraction of sp³-hybridized carbons (Fsp3) is 0.238. The van der Waals surface area contributed by atoms with Crippen LogP contribution in [0.2, 0.25) is 0 Å². The molecule has 0 aliphatic carbocycles. The molecule has 0 spiro atoms. The lowest BCUT2D eigenvalue weighted by Gasteiger charge is -2.29. The molecule has 0 N–H and O–H groups in total. The van der Waals surface area contributed by atoms with Gasteiger partial charge in [-0.05, 0) is 37.5 Å². The van der Waals surface area contributed by atoms with Crippen LogP contribution >= 0.6 is 0 Å². The lowest BCUT2D eigenvalue weighted by atomic mass is 9.99. The number of carbonyl (C=O) groups is 1. The van der Waals surface area contributed by atoms with Crippen molar-refractivity contribution in [3.63, 3.8) is 0 Å². The molecule has 4 nitrogen and oxygen atoms in total. The lowest BCUT2D eigenvalue weighted by Crippen LogP contribution is -2.28. The minimum Gasteiger partial charge on any atom is -0.464 e. The topological polar surface area (TPSA) is 57.2 Å². The van der Waals surface area contributed by atoms with Gasteiger partial charge in [0.1, 0.15) is 5.76 Å².